The lowest BCUT2D eigenvalue weighted by Crippen LogP contribution is -2.30. The van der Waals surface area contributed by atoms with E-state index in [1.54, 1.807) is 13.0 Å². The highest BCUT2D eigenvalue weighted by atomic mass is 16.6. The van der Waals surface area contributed by atoms with Crippen LogP contribution in [0.2, 0.25) is 0 Å². The van der Waals surface area contributed by atoms with Gasteiger partial charge in [-0.1, -0.05) is 6.08 Å². The maximum Gasteiger partial charge on any atom is 0.110 e. The summed E-state index contributed by atoms with van der Waals surface area (Å²) in [7, 11) is 0. The summed E-state index contributed by atoms with van der Waals surface area (Å²) >= 11 is 0. The summed E-state index contributed by atoms with van der Waals surface area (Å²) in [6, 6.07) is 0. The molecular weight excluding hydrogens is 116 g/mol. The predicted octanol–water partition coefficient (Wildman–Crippen LogP) is 0.712. The van der Waals surface area contributed by atoms with Gasteiger partial charge in [-0.25, -0.2) is 0 Å². The molecule has 52 valence electrons. The molecule has 1 rings (SSSR count). The van der Waals surface area contributed by atoms with Crippen LogP contribution in [0.4, 0.5) is 0 Å². The number of aliphatic hydroxyl groups is 1. The zero-order valence-electron chi connectivity index (χ0n) is 5.63. The van der Waals surface area contributed by atoms with E-state index in [1.165, 1.54) is 0 Å². The molecule has 0 aliphatic carbocycles. The van der Waals surface area contributed by atoms with E-state index in [0.717, 1.165) is 0 Å². The second-order valence-corrected chi connectivity index (χ2v) is 2.67. The molecule has 0 bridgehead atoms. The summed E-state index contributed by atoms with van der Waals surface area (Å²) in [5.41, 5.74) is -0.679. The molecule has 2 unspecified atom stereocenters. The van der Waals surface area contributed by atoms with Gasteiger partial charge in [-0.15, -0.1) is 6.58 Å². The van der Waals surface area contributed by atoms with Gasteiger partial charge in [0, 0.05) is 0 Å². The Bertz CT molecular complexity index is 114. The number of ether oxygens (including phenoxy) is 1. The Kier molecular flexibility index (Phi) is 1.60. The first-order valence-electron chi connectivity index (χ1n) is 3.11. The molecule has 1 N–H and O–H groups in total. The topological polar surface area (TPSA) is 32.8 Å². The summed E-state index contributed by atoms with van der Waals surface area (Å²) in [5.74, 6) is 0. The van der Waals surface area contributed by atoms with Crippen LogP contribution < -0.4 is 0 Å². The second-order valence-electron chi connectivity index (χ2n) is 2.67. The quantitative estimate of drug-likeness (QED) is 0.448. The van der Waals surface area contributed by atoms with Gasteiger partial charge in [-0.3, -0.25) is 0 Å². The van der Waals surface area contributed by atoms with Crippen LogP contribution >= 0.6 is 0 Å². The molecule has 2 atom stereocenters. The Balaban J connectivity index is 2.38. The highest BCUT2D eigenvalue weighted by Crippen LogP contribution is 2.26. The SMILES string of the molecule is C=CCC(C)(O)C1CO1. The van der Waals surface area contributed by atoms with Gasteiger partial charge in [-0.2, -0.15) is 0 Å². The van der Waals surface area contributed by atoms with Crippen LogP contribution in [0.25, 0.3) is 0 Å². The molecule has 2 nitrogen and oxygen atoms in total. The van der Waals surface area contributed by atoms with Gasteiger partial charge in [-0.05, 0) is 13.3 Å². The smallest absolute Gasteiger partial charge is 0.110 e. The molecule has 1 fully saturated rings. The average Bonchev–Trinajstić information content (AvgIpc) is 2.41. The lowest BCUT2D eigenvalue weighted by Gasteiger charge is -2.17. The molecule has 0 amide bonds. The van der Waals surface area contributed by atoms with Crippen molar-refractivity contribution in [3.8, 4) is 0 Å². The van der Waals surface area contributed by atoms with Crippen molar-refractivity contribution in [2.24, 2.45) is 0 Å². The van der Waals surface area contributed by atoms with E-state index in [4.69, 9.17) is 4.74 Å². The van der Waals surface area contributed by atoms with Crippen LogP contribution in [-0.2, 0) is 4.74 Å². The normalized spacial score (nSPS) is 31.1. The minimum atomic E-state index is -0.679. The Labute approximate surface area is 55.1 Å². The molecule has 0 aromatic heterocycles. The number of rotatable bonds is 3. The monoisotopic (exact) mass is 128 g/mol. The molecular formula is C7H12O2. The van der Waals surface area contributed by atoms with Crippen LogP contribution in [0.1, 0.15) is 13.3 Å². The standard InChI is InChI=1S/C7H12O2/c1-3-4-7(2,8)6-5-9-6/h3,6,8H,1,4-5H2,2H3. The lowest BCUT2D eigenvalue weighted by molar-refractivity contribution is 0.0327. The van der Waals surface area contributed by atoms with E-state index < -0.39 is 5.60 Å². The minimum absolute atomic E-state index is 0.0514. The molecule has 9 heavy (non-hydrogen) atoms. The fourth-order valence-electron chi connectivity index (χ4n) is 0.831. The van der Waals surface area contributed by atoms with Crippen LogP contribution in [0.15, 0.2) is 12.7 Å². The van der Waals surface area contributed by atoms with Gasteiger partial charge in [0.15, 0.2) is 0 Å². The van der Waals surface area contributed by atoms with Gasteiger partial charge in [0.1, 0.15) is 6.10 Å². The third-order valence-electron chi connectivity index (χ3n) is 1.58. The third-order valence-corrected chi connectivity index (χ3v) is 1.58. The largest absolute Gasteiger partial charge is 0.387 e. The van der Waals surface area contributed by atoms with E-state index >= 15 is 0 Å². The molecule has 0 aromatic rings. The van der Waals surface area contributed by atoms with Crippen LogP contribution in [-0.4, -0.2) is 23.4 Å². The molecule has 1 saturated heterocycles. The Morgan fingerprint density at radius 3 is 2.89 bits per heavy atom. The van der Waals surface area contributed by atoms with Crippen molar-refractivity contribution in [3.63, 3.8) is 0 Å². The van der Waals surface area contributed by atoms with Crippen molar-refractivity contribution in [1.29, 1.82) is 0 Å². The van der Waals surface area contributed by atoms with Crippen LogP contribution in [0.3, 0.4) is 0 Å². The van der Waals surface area contributed by atoms with Gasteiger partial charge in [0.05, 0.1) is 12.2 Å². The van der Waals surface area contributed by atoms with Crippen molar-refractivity contribution in [1.82, 2.24) is 0 Å². The molecule has 0 aromatic carbocycles. The van der Waals surface area contributed by atoms with Crippen LogP contribution in [0, 0.1) is 0 Å². The number of hydrogen-bond acceptors (Lipinski definition) is 2. The fourth-order valence-corrected chi connectivity index (χ4v) is 0.831. The van der Waals surface area contributed by atoms with Crippen LogP contribution in [0.5, 0.6) is 0 Å². The summed E-state index contributed by atoms with van der Waals surface area (Å²) < 4.78 is 4.93. The summed E-state index contributed by atoms with van der Waals surface area (Å²) in [6.07, 6.45) is 2.37. The van der Waals surface area contributed by atoms with E-state index in [-0.39, 0.29) is 6.10 Å². The maximum atomic E-state index is 9.46. The zero-order valence-corrected chi connectivity index (χ0v) is 5.63. The van der Waals surface area contributed by atoms with E-state index in [1.807, 2.05) is 0 Å². The molecule has 1 aliphatic rings. The van der Waals surface area contributed by atoms with E-state index in [0.29, 0.717) is 13.0 Å². The fraction of sp³-hybridized carbons (Fsp3) is 0.714. The Morgan fingerprint density at radius 2 is 2.56 bits per heavy atom. The molecule has 1 heterocycles. The molecule has 0 saturated carbocycles. The van der Waals surface area contributed by atoms with Crippen molar-refractivity contribution in [2.75, 3.05) is 6.61 Å². The van der Waals surface area contributed by atoms with Crippen molar-refractivity contribution < 1.29 is 9.84 Å². The molecule has 1 aliphatic heterocycles. The first kappa shape index (κ1) is 6.78. The lowest BCUT2D eigenvalue weighted by atomic mass is 9.99. The van der Waals surface area contributed by atoms with E-state index in [2.05, 4.69) is 6.58 Å². The van der Waals surface area contributed by atoms with Gasteiger partial charge in [0.25, 0.3) is 0 Å². The first-order valence-corrected chi connectivity index (χ1v) is 3.11. The van der Waals surface area contributed by atoms with Gasteiger partial charge < -0.3 is 9.84 Å². The molecule has 0 spiro atoms. The van der Waals surface area contributed by atoms with Crippen molar-refractivity contribution >= 4 is 0 Å². The molecule has 0 radical (unpaired) electrons. The Morgan fingerprint density at radius 1 is 2.00 bits per heavy atom. The molecule has 2 heteroatoms. The van der Waals surface area contributed by atoms with E-state index in [9.17, 15) is 5.11 Å². The highest BCUT2D eigenvalue weighted by Gasteiger charge is 2.40. The third kappa shape index (κ3) is 1.53. The maximum absolute atomic E-state index is 9.46. The summed E-state index contributed by atoms with van der Waals surface area (Å²) in [4.78, 5) is 0. The second kappa shape index (κ2) is 2.12. The van der Waals surface area contributed by atoms with Gasteiger partial charge >= 0.3 is 0 Å². The predicted molar refractivity (Wildman–Crippen MR) is 35.2 cm³/mol. The number of epoxide rings is 1. The summed E-state index contributed by atoms with van der Waals surface area (Å²) in [5, 5.41) is 9.46. The zero-order chi connectivity index (χ0) is 6.91. The van der Waals surface area contributed by atoms with Crippen molar-refractivity contribution in [3.05, 3.63) is 12.7 Å². The Hall–Kier alpha value is -0.340. The summed E-state index contributed by atoms with van der Waals surface area (Å²) in [6.45, 7) is 6.01. The number of hydrogen-bond donors (Lipinski definition) is 1. The first-order chi connectivity index (χ1) is 4.17. The average molecular weight is 128 g/mol. The van der Waals surface area contributed by atoms with Gasteiger partial charge in [0.2, 0.25) is 0 Å². The van der Waals surface area contributed by atoms with Crippen molar-refractivity contribution in [2.45, 2.75) is 25.0 Å². The minimum Gasteiger partial charge on any atom is -0.387 e. The highest BCUT2D eigenvalue weighted by molar-refractivity contribution is 4.94.